The van der Waals surface area contributed by atoms with Crippen LogP contribution in [0.5, 0.6) is 0 Å². The molecule has 0 radical (unpaired) electrons. The number of hydrogen-bond donors (Lipinski definition) is 1. The number of benzene rings is 1. The molecule has 2 aromatic rings. The molecular formula is C15H16N2O2. The summed E-state index contributed by atoms with van der Waals surface area (Å²) in [5.74, 6) is -0.114. The predicted molar refractivity (Wildman–Crippen MR) is 74.4 cm³/mol. The maximum Gasteiger partial charge on any atom is 0.307 e. The van der Waals surface area contributed by atoms with Crippen LogP contribution in [-0.4, -0.2) is 12.1 Å². The highest BCUT2D eigenvalue weighted by atomic mass is 16.3. The van der Waals surface area contributed by atoms with Crippen LogP contribution in [0.2, 0.25) is 0 Å². The summed E-state index contributed by atoms with van der Waals surface area (Å²) in [6, 6.07) is 7.40. The molecule has 0 aliphatic rings. The highest BCUT2D eigenvalue weighted by Crippen LogP contribution is 2.13. The average Bonchev–Trinajstić information content (AvgIpc) is 2.89. The lowest BCUT2D eigenvalue weighted by Gasteiger charge is -2.05. The third-order valence-electron chi connectivity index (χ3n) is 3.00. The van der Waals surface area contributed by atoms with Gasteiger partial charge < -0.3 is 4.42 Å². The van der Waals surface area contributed by atoms with Gasteiger partial charge in [-0.2, -0.15) is 5.10 Å². The van der Waals surface area contributed by atoms with E-state index in [9.17, 15) is 4.79 Å². The summed E-state index contributed by atoms with van der Waals surface area (Å²) in [7, 11) is 0. The Morgan fingerprint density at radius 2 is 1.95 bits per heavy atom. The van der Waals surface area contributed by atoms with Crippen LogP contribution in [-0.2, 0) is 0 Å². The first-order valence-electron chi connectivity index (χ1n) is 6.02. The van der Waals surface area contributed by atoms with Crippen molar-refractivity contribution in [3.8, 4) is 0 Å². The van der Waals surface area contributed by atoms with Gasteiger partial charge in [-0.1, -0.05) is 6.07 Å². The Labute approximate surface area is 112 Å². The van der Waals surface area contributed by atoms with Crippen LogP contribution in [0.1, 0.15) is 32.8 Å². The summed E-state index contributed by atoms with van der Waals surface area (Å²) in [6.07, 6.45) is 3.09. The Kier molecular flexibility index (Phi) is 3.80. The number of amides is 1. The molecule has 2 rings (SSSR count). The van der Waals surface area contributed by atoms with Gasteiger partial charge in [0, 0.05) is 0 Å². The second-order valence-electron chi connectivity index (χ2n) is 4.47. The molecule has 4 nitrogen and oxygen atoms in total. The van der Waals surface area contributed by atoms with Gasteiger partial charge in [-0.3, -0.25) is 4.79 Å². The molecule has 0 spiro atoms. The Morgan fingerprint density at radius 1 is 1.21 bits per heavy atom. The Hall–Kier alpha value is -2.36. The van der Waals surface area contributed by atoms with Crippen LogP contribution >= 0.6 is 0 Å². The molecular weight excluding hydrogens is 240 g/mol. The molecule has 0 saturated heterocycles. The third-order valence-corrected chi connectivity index (χ3v) is 3.00. The highest BCUT2D eigenvalue weighted by Gasteiger charge is 2.06. The van der Waals surface area contributed by atoms with Gasteiger partial charge in [0.05, 0.1) is 12.5 Å². The van der Waals surface area contributed by atoms with Crippen LogP contribution in [0.25, 0.3) is 0 Å². The fraction of sp³-hybridized carbons (Fsp3) is 0.200. The Balaban J connectivity index is 2.07. The van der Waals surface area contributed by atoms with Crippen molar-refractivity contribution in [3.05, 3.63) is 58.5 Å². The lowest BCUT2D eigenvalue weighted by molar-refractivity contribution is 0.0927. The molecule has 0 saturated carbocycles. The summed E-state index contributed by atoms with van der Waals surface area (Å²) in [5, 5.41) is 3.94. The van der Waals surface area contributed by atoms with Crippen LogP contribution in [0, 0.1) is 20.8 Å². The van der Waals surface area contributed by atoms with E-state index in [1.54, 1.807) is 18.3 Å². The number of aryl methyl sites for hydroxylation is 3. The van der Waals surface area contributed by atoms with Gasteiger partial charge in [0.15, 0.2) is 5.76 Å². The van der Waals surface area contributed by atoms with Crippen molar-refractivity contribution >= 4 is 12.1 Å². The van der Waals surface area contributed by atoms with Crippen molar-refractivity contribution in [3.63, 3.8) is 0 Å². The largest absolute Gasteiger partial charge is 0.459 e. The molecule has 0 unspecified atom stereocenters. The fourth-order valence-electron chi connectivity index (χ4n) is 1.75. The van der Waals surface area contributed by atoms with Gasteiger partial charge in [-0.05, 0) is 61.2 Å². The number of hydrogen-bond acceptors (Lipinski definition) is 3. The summed E-state index contributed by atoms with van der Waals surface area (Å²) < 4.78 is 4.97. The lowest BCUT2D eigenvalue weighted by atomic mass is 10.0. The van der Waals surface area contributed by atoms with Crippen LogP contribution in [0.15, 0.2) is 40.0 Å². The van der Waals surface area contributed by atoms with Crippen LogP contribution < -0.4 is 5.43 Å². The predicted octanol–water partition coefficient (Wildman–Crippen LogP) is 2.97. The second-order valence-corrected chi connectivity index (χ2v) is 4.47. The molecule has 4 heteroatoms. The molecule has 0 bridgehead atoms. The topological polar surface area (TPSA) is 54.6 Å². The van der Waals surface area contributed by atoms with Crippen molar-refractivity contribution in [2.75, 3.05) is 0 Å². The molecule has 1 aromatic carbocycles. The molecule has 1 heterocycles. The lowest BCUT2D eigenvalue weighted by Crippen LogP contribution is -2.16. The van der Waals surface area contributed by atoms with Crippen molar-refractivity contribution in [2.45, 2.75) is 20.8 Å². The summed E-state index contributed by atoms with van der Waals surface area (Å²) in [5.41, 5.74) is 6.99. The van der Waals surface area contributed by atoms with E-state index in [0.29, 0.717) is 0 Å². The van der Waals surface area contributed by atoms with E-state index in [4.69, 9.17) is 4.42 Å². The molecule has 98 valence electrons. The van der Waals surface area contributed by atoms with E-state index in [1.165, 1.54) is 17.4 Å². The van der Waals surface area contributed by atoms with E-state index < -0.39 is 0 Å². The number of carbonyl (C=O) groups excluding carboxylic acids is 1. The van der Waals surface area contributed by atoms with E-state index in [1.807, 2.05) is 19.9 Å². The zero-order valence-corrected chi connectivity index (χ0v) is 11.2. The maximum atomic E-state index is 11.6. The molecule has 0 aliphatic carbocycles. The maximum absolute atomic E-state index is 11.6. The van der Waals surface area contributed by atoms with E-state index in [-0.39, 0.29) is 11.7 Å². The molecule has 0 aliphatic heterocycles. The number of rotatable bonds is 3. The first-order valence-corrected chi connectivity index (χ1v) is 6.02. The van der Waals surface area contributed by atoms with Gasteiger partial charge in [0.25, 0.3) is 0 Å². The van der Waals surface area contributed by atoms with Crippen molar-refractivity contribution in [2.24, 2.45) is 5.10 Å². The molecule has 1 N–H and O–H groups in total. The Bertz CT molecular complexity index is 613. The summed E-state index contributed by atoms with van der Waals surface area (Å²) in [6.45, 7) is 6.14. The zero-order valence-electron chi connectivity index (χ0n) is 11.2. The van der Waals surface area contributed by atoms with Crippen LogP contribution in [0.3, 0.4) is 0 Å². The summed E-state index contributed by atoms with van der Waals surface area (Å²) >= 11 is 0. The first-order chi connectivity index (χ1) is 9.08. The molecule has 1 aromatic heterocycles. The quantitative estimate of drug-likeness (QED) is 0.678. The SMILES string of the molecule is Cc1cc(C)c(/C=N\NC(=O)c2ccco2)cc1C. The van der Waals surface area contributed by atoms with E-state index >= 15 is 0 Å². The normalized spacial score (nSPS) is 10.9. The summed E-state index contributed by atoms with van der Waals surface area (Å²) in [4.78, 5) is 11.6. The monoisotopic (exact) mass is 256 g/mol. The molecule has 0 fully saturated rings. The smallest absolute Gasteiger partial charge is 0.307 e. The first kappa shape index (κ1) is 13.1. The van der Waals surface area contributed by atoms with Gasteiger partial charge in [0.1, 0.15) is 0 Å². The molecule has 1 amide bonds. The number of nitrogens with zero attached hydrogens (tertiary/aromatic N) is 1. The second kappa shape index (κ2) is 5.52. The number of nitrogens with one attached hydrogen (secondary N) is 1. The van der Waals surface area contributed by atoms with Crippen molar-refractivity contribution in [1.82, 2.24) is 5.43 Å². The molecule has 0 atom stereocenters. The number of furan rings is 1. The minimum absolute atomic E-state index is 0.244. The third kappa shape index (κ3) is 3.10. The van der Waals surface area contributed by atoms with E-state index in [2.05, 4.69) is 23.5 Å². The van der Waals surface area contributed by atoms with Crippen LogP contribution in [0.4, 0.5) is 0 Å². The Morgan fingerprint density at radius 3 is 2.63 bits per heavy atom. The minimum Gasteiger partial charge on any atom is -0.459 e. The van der Waals surface area contributed by atoms with Gasteiger partial charge in [-0.15, -0.1) is 0 Å². The number of hydrazone groups is 1. The van der Waals surface area contributed by atoms with Gasteiger partial charge >= 0.3 is 5.91 Å². The van der Waals surface area contributed by atoms with Gasteiger partial charge in [-0.25, -0.2) is 5.43 Å². The van der Waals surface area contributed by atoms with E-state index in [0.717, 1.165) is 11.1 Å². The average molecular weight is 256 g/mol. The standard InChI is InChI=1S/C15H16N2O2/c1-10-7-12(3)13(8-11(10)2)9-16-17-15(18)14-5-4-6-19-14/h4-9H,1-3H3,(H,17,18)/b16-9-. The highest BCUT2D eigenvalue weighted by molar-refractivity contribution is 5.92. The van der Waals surface area contributed by atoms with Crippen molar-refractivity contribution in [1.29, 1.82) is 0 Å². The van der Waals surface area contributed by atoms with Gasteiger partial charge in [0.2, 0.25) is 0 Å². The zero-order chi connectivity index (χ0) is 13.8. The number of carbonyl (C=O) groups is 1. The molecule has 19 heavy (non-hydrogen) atoms. The fourth-order valence-corrected chi connectivity index (χ4v) is 1.75. The minimum atomic E-state index is -0.359. The van der Waals surface area contributed by atoms with Crippen molar-refractivity contribution < 1.29 is 9.21 Å².